The Morgan fingerprint density at radius 1 is 0.350 bits per heavy atom. The molecule has 0 saturated carbocycles. The summed E-state index contributed by atoms with van der Waals surface area (Å²) in [6.07, 6.45) is 10.5. The van der Waals surface area contributed by atoms with E-state index in [-0.39, 0.29) is 0 Å². The Kier molecular flexibility index (Phi) is 6.16. The van der Waals surface area contributed by atoms with Crippen molar-refractivity contribution in [2.45, 2.75) is 0 Å². The molecule has 0 atom stereocenters. The number of thiophene rings is 4. The van der Waals surface area contributed by atoms with Crippen molar-refractivity contribution < 1.29 is 0 Å². The first kappa shape index (κ1) is 24.3. The van der Waals surface area contributed by atoms with E-state index in [0.717, 1.165) is 30.8 Å². The highest BCUT2D eigenvalue weighted by Crippen LogP contribution is 2.45. The summed E-state index contributed by atoms with van der Waals surface area (Å²) < 4.78 is 0. The summed E-state index contributed by atoms with van der Waals surface area (Å²) in [4.78, 5) is 38.0. The molecule has 8 heterocycles. The third kappa shape index (κ3) is 4.52. The lowest BCUT2D eigenvalue weighted by Crippen LogP contribution is -1.77. The zero-order valence-corrected chi connectivity index (χ0v) is 25.1. The lowest BCUT2D eigenvalue weighted by atomic mass is 10.3. The third-order valence-corrected chi connectivity index (χ3v) is 13.2. The second-order valence-electron chi connectivity index (χ2n) is 8.56. The molecule has 0 N–H and O–H groups in total. The van der Waals surface area contributed by atoms with Crippen LogP contribution < -0.4 is 0 Å². The van der Waals surface area contributed by atoms with Gasteiger partial charge in [0.1, 0.15) is 22.7 Å². The second-order valence-corrected chi connectivity index (χ2v) is 14.8. The first-order valence-corrected chi connectivity index (χ1v) is 16.9. The lowest BCUT2D eigenvalue weighted by molar-refractivity contribution is 1.17. The number of hydrogen-bond acceptors (Lipinski definition) is 12. The Balaban J connectivity index is 1.02. The average molecular weight is 627 g/mol. The summed E-state index contributed by atoms with van der Waals surface area (Å²) in [6.45, 7) is 0. The van der Waals surface area contributed by atoms with Crippen LogP contribution in [0.15, 0.2) is 86.0 Å². The monoisotopic (exact) mass is 626 g/mol. The van der Waals surface area contributed by atoms with E-state index in [1.54, 1.807) is 80.7 Å². The number of rotatable bonds is 6. The van der Waals surface area contributed by atoms with Gasteiger partial charge in [0, 0.05) is 65.2 Å². The predicted octanol–water partition coefficient (Wildman–Crippen LogP) is 9.58. The quantitative estimate of drug-likeness (QED) is 0.183. The highest BCUT2D eigenvalue weighted by molar-refractivity contribution is 7.33. The van der Waals surface area contributed by atoms with Crippen molar-refractivity contribution in [1.29, 1.82) is 0 Å². The van der Waals surface area contributed by atoms with Crippen LogP contribution in [0.4, 0.5) is 0 Å². The van der Waals surface area contributed by atoms with Gasteiger partial charge in [-0.15, -0.1) is 45.3 Å². The molecule has 0 aromatic carbocycles. The van der Waals surface area contributed by atoms with E-state index in [0.29, 0.717) is 0 Å². The zero-order chi connectivity index (χ0) is 26.5. The molecule has 0 unspecified atom stereocenters. The Bertz CT molecular complexity index is 1900. The van der Waals surface area contributed by atoms with E-state index in [9.17, 15) is 0 Å². The molecule has 0 spiro atoms. The third-order valence-electron chi connectivity index (χ3n) is 6.00. The highest BCUT2D eigenvalue weighted by Gasteiger charge is 2.17. The maximum atomic E-state index is 4.96. The van der Waals surface area contributed by atoms with E-state index in [4.69, 9.17) is 9.97 Å². The number of hydrogen-bond donors (Lipinski definition) is 0. The van der Waals surface area contributed by atoms with Crippen LogP contribution in [0.3, 0.4) is 0 Å². The van der Waals surface area contributed by atoms with Crippen molar-refractivity contribution >= 4 is 77.7 Å². The Hall–Kier alpha value is -3.52. The molecule has 0 aliphatic carbocycles. The minimum atomic E-state index is 0.991. The molecule has 8 rings (SSSR count). The first-order chi connectivity index (χ1) is 19.8. The van der Waals surface area contributed by atoms with E-state index in [1.165, 1.54) is 39.0 Å². The van der Waals surface area contributed by atoms with Crippen LogP contribution in [0.1, 0.15) is 0 Å². The van der Waals surface area contributed by atoms with Crippen LogP contribution in [0, 0.1) is 0 Å². The van der Waals surface area contributed by atoms with Gasteiger partial charge in [0.25, 0.3) is 0 Å². The number of nitrogens with zero attached hydrogens (tertiary/aromatic N) is 6. The van der Waals surface area contributed by atoms with Gasteiger partial charge in [-0.2, -0.15) is 0 Å². The van der Waals surface area contributed by atoms with Gasteiger partial charge in [0.15, 0.2) is 9.66 Å². The van der Waals surface area contributed by atoms with Crippen molar-refractivity contribution in [3.8, 4) is 60.2 Å². The first-order valence-electron chi connectivity index (χ1n) is 12.0. The molecule has 0 aliphatic heterocycles. The van der Waals surface area contributed by atoms with Gasteiger partial charge in [-0.25, -0.2) is 29.9 Å². The lowest BCUT2D eigenvalue weighted by Gasteiger charge is -1.94. The number of aromatic nitrogens is 6. The molecule has 6 nitrogen and oxygen atoms in total. The molecule has 12 heteroatoms. The fourth-order valence-electron chi connectivity index (χ4n) is 4.13. The van der Waals surface area contributed by atoms with Gasteiger partial charge in [-0.05, 0) is 48.5 Å². The van der Waals surface area contributed by atoms with E-state index >= 15 is 0 Å². The minimum Gasteiger partial charge on any atom is -0.244 e. The molecular weight excluding hydrogens is 613 g/mol. The zero-order valence-electron chi connectivity index (χ0n) is 20.2. The molecule has 0 bridgehead atoms. The Morgan fingerprint density at radius 3 is 1.07 bits per heavy atom. The normalized spacial score (nSPS) is 11.5. The Morgan fingerprint density at radius 2 is 0.675 bits per heavy atom. The van der Waals surface area contributed by atoms with E-state index in [1.807, 2.05) is 24.8 Å². The molecule has 8 aromatic rings. The van der Waals surface area contributed by atoms with Crippen molar-refractivity contribution in [3.05, 3.63) is 86.0 Å². The van der Waals surface area contributed by atoms with Crippen LogP contribution in [-0.4, -0.2) is 29.9 Å². The van der Waals surface area contributed by atoms with Crippen LogP contribution in [0.2, 0.25) is 0 Å². The molecule has 0 saturated heterocycles. The fourth-order valence-corrected chi connectivity index (χ4v) is 10.4. The van der Waals surface area contributed by atoms with E-state index in [2.05, 4.69) is 68.5 Å². The summed E-state index contributed by atoms with van der Waals surface area (Å²) in [5.41, 5.74) is 2.08. The van der Waals surface area contributed by atoms with Crippen LogP contribution in [0.25, 0.3) is 69.8 Å². The largest absolute Gasteiger partial charge is 0.244 e. The SMILES string of the molecule is c1ncc(-c2ccc(-c3ccc(-c4nc5sc(-c6ccc(-c7ccc(-c8cncnc8)s7)s6)nc5s4)s3)s2)cn1. The smallest absolute Gasteiger partial charge is 0.155 e. The minimum absolute atomic E-state index is 0.991. The van der Waals surface area contributed by atoms with Gasteiger partial charge in [0.2, 0.25) is 0 Å². The van der Waals surface area contributed by atoms with Gasteiger partial charge >= 0.3 is 0 Å². The number of thiazole rings is 2. The number of fused-ring (bicyclic) bond motifs is 1. The van der Waals surface area contributed by atoms with Crippen molar-refractivity contribution in [3.63, 3.8) is 0 Å². The molecular formula is C28H14N6S6. The maximum Gasteiger partial charge on any atom is 0.155 e. The molecule has 0 amide bonds. The average Bonchev–Trinajstić information content (AvgIpc) is 3.81. The summed E-state index contributed by atoms with van der Waals surface area (Å²) in [5, 5.41) is 2.04. The summed E-state index contributed by atoms with van der Waals surface area (Å²) in [6, 6.07) is 17.3. The van der Waals surface area contributed by atoms with Crippen molar-refractivity contribution in [1.82, 2.24) is 29.9 Å². The molecule has 192 valence electrons. The molecule has 0 aliphatic rings. The molecule has 40 heavy (non-hydrogen) atoms. The highest BCUT2D eigenvalue weighted by atomic mass is 32.1. The van der Waals surface area contributed by atoms with Gasteiger partial charge in [0.05, 0.1) is 9.75 Å². The Labute approximate surface area is 252 Å². The topological polar surface area (TPSA) is 77.3 Å². The molecule has 0 radical (unpaired) electrons. The van der Waals surface area contributed by atoms with Gasteiger partial charge in [-0.1, -0.05) is 22.7 Å². The van der Waals surface area contributed by atoms with Crippen LogP contribution >= 0.6 is 68.0 Å². The van der Waals surface area contributed by atoms with E-state index < -0.39 is 0 Å². The van der Waals surface area contributed by atoms with Crippen molar-refractivity contribution in [2.75, 3.05) is 0 Å². The second kappa shape index (κ2) is 10.1. The van der Waals surface area contributed by atoms with Gasteiger partial charge < -0.3 is 0 Å². The predicted molar refractivity (Wildman–Crippen MR) is 171 cm³/mol. The summed E-state index contributed by atoms with van der Waals surface area (Å²) in [7, 11) is 0. The molecule has 0 fully saturated rings. The fraction of sp³-hybridized carbons (Fsp3) is 0. The van der Waals surface area contributed by atoms with Crippen LogP contribution in [0.5, 0.6) is 0 Å². The maximum absolute atomic E-state index is 4.96. The van der Waals surface area contributed by atoms with Crippen LogP contribution in [-0.2, 0) is 0 Å². The standard InChI is InChI=1S/C28H14N6S6/c1-3-19(35-17(1)15-9-29-13-30-10-15)21-5-7-23(37-21)25-33-27-28(39-25)34-26(40-27)24-8-6-22(38-24)20-4-2-18(36-20)16-11-31-14-32-12-16/h1-14H. The summed E-state index contributed by atoms with van der Waals surface area (Å²) in [5.74, 6) is 0. The molecule has 8 aromatic heterocycles. The van der Waals surface area contributed by atoms with Gasteiger partial charge in [-0.3, -0.25) is 0 Å². The summed E-state index contributed by atoms with van der Waals surface area (Å²) >= 11 is 10.4. The van der Waals surface area contributed by atoms with Crippen molar-refractivity contribution in [2.24, 2.45) is 0 Å².